The first-order valence-corrected chi connectivity index (χ1v) is 5.84. The lowest BCUT2D eigenvalue weighted by molar-refractivity contribution is -0.163. The Morgan fingerprint density at radius 1 is 1.26 bits per heavy atom. The van der Waals surface area contributed by atoms with E-state index in [2.05, 4.69) is 0 Å². The first kappa shape index (κ1) is 19.9. The molecule has 0 aliphatic rings. The largest absolute Gasteiger partial charge is 0.481 e. The van der Waals surface area contributed by atoms with Crippen LogP contribution in [0.1, 0.15) is 48.4 Å². The summed E-state index contributed by atoms with van der Waals surface area (Å²) >= 11 is 0. The summed E-state index contributed by atoms with van der Waals surface area (Å²) in [4.78, 5) is 33.0. The SMILES string of the molecule is C.COC(C)C(=O)OC(CCCCC(=O)O)C(C)=O.[2HH]. The Morgan fingerprint density at radius 2 is 1.84 bits per heavy atom. The van der Waals surface area contributed by atoms with Crippen LogP contribution in [0.4, 0.5) is 0 Å². The predicted molar refractivity (Wildman–Crippen MR) is 72.0 cm³/mol. The molecule has 0 aromatic heterocycles. The third-order valence-electron chi connectivity index (χ3n) is 2.50. The zero-order chi connectivity index (χ0) is 14.1. The summed E-state index contributed by atoms with van der Waals surface area (Å²) in [5.41, 5.74) is 0. The fourth-order valence-corrected chi connectivity index (χ4v) is 1.28. The van der Waals surface area contributed by atoms with Gasteiger partial charge >= 0.3 is 11.9 Å². The standard InChI is InChI=1S/C12H20O6.CH4.H2/c1-8(13)10(6-4-5-7-11(14)15)18-12(16)9(2)17-3;;/h9-10H,4-7H2,1-3H3,(H,14,15);1H4;1H/i;;1+1. The number of carbonyl (C=O) groups is 3. The van der Waals surface area contributed by atoms with Gasteiger partial charge < -0.3 is 14.6 Å². The molecule has 6 nitrogen and oxygen atoms in total. The maximum Gasteiger partial charge on any atom is 0.335 e. The van der Waals surface area contributed by atoms with Crippen LogP contribution in [0.2, 0.25) is 0 Å². The van der Waals surface area contributed by atoms with E-state index < -0.39 is 24.1 Å². The van der Waals surface area contributed by atoms with Gasteiger partial charge in [-0.25, -0.2) is 4.79 Å². The van der Waals surface area contributed by atoms with Crippen LogP contribution in [-0.2, 0) is 23.9 Å². The van der Waals surface area contributed by atoms with Crippen LogP contribution in [0.25, 0.3) is 0 Å². The zero-order valence-corrected chi connectivity index (χ0v) is 11.0. The number of hydrogen-bond acceptors (Lipinski definition) is 5. The molecule has 0 heterocycles. The van der Waals surface area contributed by atoms with Crippen LogP contribution >= 0.6 is 0 Å². The summed E-state index contributed by atoms with van der Waals surface area (Å²) < 4.78 is 9.80. The minimum atomic E-state index is -0.876. The molecule has 0 bridgehead atoms. The molecular formula is C13H26O6. The van der Waals surface area contributed by atoms with Gasteiger partial charge in [-0.1, -0.05) is 7.43 Å². The Balaban J connectivity index is -0.00000144. The van der Waals surface area contributed by atoms with Crippen LogP contribution in [0.3, 0.4) is 0 Å². The molecule has 0 aliphatic heterocycles. The van der Waals surface area contributed by atoms with Gasteiger partial charge in [0, 0.05) is 15.0 Å². The number of hydrogen-bond donors (Lipinski definition) is 1. The smallest absolute Gasteiger partial charge is 0.335 e. The van der Waals surface area contributed by atoms with Gasteiger partial charge in [0.15, 0.2) is 18.0 Å². The van der Waals surface area contributed by atoms with E-state index in [1.807, 2.05) is 0 Å². The molecule has 19 heavy (non-hydrogen) atoms. The maximum atomic E-state index is 11.4. The first-order valence-electron chi connectivity index (χ1n) is 5.84. The molecule has 0 fully saturated rings. The van der Waals surface area contributed by atoms with E-state index in [4.69, 9.17) is 14.6 Å². The number of aliphatic carboxylic acids is 1. The highest BCUT2D eigenvalue weighted by atomic mass is 16.6. The maximum absolute atomic E-state index is 11.4. The van der Waals surface area contributed by atoms with Crippen LogP contribution in [0.15, 0.2) is 0 Å². The van der Waals surface area contributed by atoms with Crippen molar-refractivity contribution in [3.8, 4) is 0 Å². The van der Waals surface area contributed by atoms with Crippen molar-refractivity contribution in [2.45, 2.75) is 59.2 Å². The Morgan fingerprint density at radius 3 is 2.26 bits per heavy atom. The van der Waals surface area contributed by atoms with Crippen LogP contribution < -0.4 is 0 Å². The summed E-state index contributed by atoms with van der Waals surface area (Å²) in [5, 5.41) is 8.47. The Labute approximate surface area is 115 Å². The Hall–Kier alpha value is -1.43. The number of rotatable bonds is 9. The fraction of sp³-hybridized carbons (Fsp3) is 0.769. The second-order valence-electron chi connectivity index (χ2n) is 4.05. The lowest BCUT2D eigenvalue weighted by Gasteiger charge is -2.17. The average Bonchev–Trinajstić information content (AvgIpc) is 2.30. The van der Waals surface area contributed by atoms with E-state index in [0.717, 1.165) is 0 Å². The van der Waals surface area contributed by atoms with Crippen molar-refractivity contribution < 1.29 is 30.4 Å². The lowest BCUT2D eigenvalue weighted by atomic mass is 10.1. The molecule has 0 aliphatic carbocycles. The molecule has 0 radical (unpaired) electrons. The average molecular weight is 279 g/mol. The van der Waals surface area contributed by atoms with E-state index >= 15 is 0 Å². The van der Waals surface area contributed by atoms with Crippen molar-refractivity contribution in [2.75, 3.05) is 7.11 Å². The summed E-state index contributed by atoms with van der Waals surface area (Å²) in [7, 11) is 1.38. The van der Waals surface area contributed by atoms with Gasteiger partial charge in [0.25, 0.3) is 0 Å². The molecule has 0 rings (SSSR count). The topological polar surface area (TPSA) is 89.9 Å². The van der Waals surface area contributed by atoms with Gasteiger partial charge in [0.1, 0.15) is 0 Å². The molecule has 6 heteroatoms. The number of Topliss-reactive ketones (excluding diaryl/α,β-unsaturated/α-hetero) is 1. The number of ether oxygens (including phenoxy) is 2. The number of esters is 1. The normalized spacial score (nSPS) is 13.0. The number of ketones is 1. The molecule has 2 atom stereocenters. The molecule has 114 valence electrons. The van der Waals surface area contributed by atoms with Crippen LogP contribution in [0, 0.1) is 0 Å². The molecule has 0 saturated heterocycles. The van der Waals surface area contributed by atoms with E-state index in [1.54, 1.807) is 0 Å². The number of methoxy groups -OCH3 is 1. The minimum Gasteiger partial charge on any atom is -0.481 e. The molecule has 0 saturated carbocycles. The lowest BCUT2D eigenvalue weighted by Crippen LogP contribution is -2.31. The monoisotopic (exact) mass is 279 g/mol. The number of carboxylic acid groups (broad SMARTS) is 1. The fourth-order valence-electron chi connectivity index (χ4n) is 1.28. The van der Waals surface area contributed by atoms with Crippen molar-refractivity contribution in [3.05, 3.63) is 0 Å². The van der Waals surface area contributed by atoms with Gasteiger partial charge in [-0.3, -0.25) is 9.59 Å². The second kappa shape index (κ2) is 10.5. The molecule has 0 aromatic carbocycles. The summed E-state index contributed by atoms with van der Waals surface area (Å²) in [6.07, 6.45) is -0.172. The van der Waals surface area contributed by atoms with Crippen LogP contribution in [0.5, 0.6) is 0 Å². The molecule has 0 spiro atoms. The Bertz CT molecular complexity index is 305. The number of carboxylic acids is 1. The second-order valence-corrected chi connectivity index (χ2v) is 4.05. The minimum absolute atomic E-state index is 0. The van der Waals surface area contributed by atoms with E-state index in [1.165, 1.54) is 21.0 Å². The first-order chi connectivity index (χ1) is 8.38. The van der Waals surface area contributed by atoms with E-state index in [0.29, 0.717) is 19.3 Å². The quantitative estimate of drug-likeness (QED) is 0.513. The molecule has 0 aromatic rings. The summed E-state index contributed by atoms with van der Waals surface area (Å²) in [6, 6.07) is 0. The summed E-state index contributed by atoms with van der Waals surface area (Å²) in [6.45, 7) is 2.87. The van der Waals surface area contributed by atoms with Gasteiger partial charge in [0.05, 0.1) is 0 Å². The van der Waals surface area contributed by atoms with Crippen molar-refractivity contribution in [1.29, 1.82) is 0 Å². The van der Waals surface area contributed by atoms with E-state index in [-0.39, 0.29) is 21.1 Å². The third kappa shape index (κ3) is 9.18. The van der Waals surface area contributed by atoms with Crippen LogP contribution in [-0.4, -0.2) is 42.1 Å². The van der Waals surface area contributed by atoms with E-state index in [9.17, 15) is 14.4 Å². The summed E-state index contributed by atoms with van der Waals surface area (Å²) in [5.74, 6) is -1.71. The molecule has 0 amide bonds. The van der Waals surface area contributed by atoms with Crippen molar-refractivity contribution in [1.82, 2.24) is 0 Å². The molecule has 1 N–H and O–H groups in total. The van der Waals surface area contributed by atoms with Gasteiger partial charge in [-0.15, -0.1) is 0 Å². The number of unbranched alkanes of at least 4 members (excludes halogenated alkanes) is 1. The molecular weight excluding hydrogens is 252 g/mol. The predicted octanol–water partition coefficient (Wildman–Crippen LogP) is 2.05. The molecule has 2 unspecified atom stereocenters. The van der Waals surface area contributed by atoms with Crippen molar-refractivity contribution in [2.24, 2.45) is 0 Å². The highest BCUT2D eigenvalue weighted by molar-refractivity contribution is 5.84. The highest BCUT2D eigenvalue weighted by Gasteiger charge is 2.22. The number of carbonyl (C=O) groups excluding carboxylic acids is 2. The van der Waals surface area contributed by atoms with Crippen molar-refractivity contribution in [3.63, 3.8) is 0 Å². The highest BCUT2D eigenvalue weighted by Crippen LogP contribution is 2.10. The zero-order valence-electron chi connectivity index (χ0n) is 11.0. The van der Waals surface area contributed by atoms with Gasteiger partial charge in [-0.2, -0.15) is 0 Å². The van der Waals surface area contributed by atoms with Gasteiger partial charge in [0.2, 0.25) is 0 Å². The Kier molecular flexibility index (Phi) is 11.0. The van der Waals surface area contributed by atoms with Crippen molar-refractivity contribution >= 4 is 17.7 Å². The third-order valence-corrected chi connectivity index (χ3v) is 2.50. The van der Waals surface area contributed by atoms with Gasteiger partial charge in [-0.05, 0) is 33.1 Å².